The molecule has 0 radical (unpaired) electrons. The minimum absolute atomic E-state index is 0.0334. The SMILES string of the molecule is CCC(Nc1ccccc1Nc1ccc(C(=O)c2ccccc2)cc1)C(=O)[O-]. The number of aliphatic carboxylic acids is 1. The molecule has 2 N–H and O–H groups in total. The molecule has 0 bridgehead atoms. The summed E-state index contributed by atoms with van der Waals surface area (Å²) >= 11 is 0. The lowest BCUT2D eigenvalue weighted by Crippen LogP contribution is -2.40. The number of hydrogen-bond acceptors (Lipinski definition) is 5. The maximum atomic E-state index is 12.5. The molecule has 0 fully saturated rings. The fourth-order valence-electron chi connectivity index (χ4n) is 2.85. The van der Waals surface area contributed by atoms with E-state index in [0.717, 1.165) is 11.4 Å². The molecular weight excluding hydrogens is 352 g/mol. The van der Waals surface area contributed by atoms with E-state index in [1.807, 2.05) is 48.5 Å². The van der Waals surface area contributed by atoms with E-state index in [4.69, 9.17) is 0 Å². The zero-order valence-electron chi connectivity index (χ0n) is 15.5. The van der Waals surface area contributed by atoms with Crippen LogP contribution in [0, 0.1) is 0 Å². The van der Waals surface area contributed by atoms with Crippen molar-refractivity contribution >= 4 is 28.8 Å². The molecule has 0 aliphatic heterocycles. The number of ketones is 1. The van der Waals surface area contributed by atoms with Gasteiger partial charge < -0.3 is 20.5 Å². The van der Waals surface area contributed by atoms with Crippen molar-refractivity contribution in [3.8, 4) is 0 Å². The summed E-state index contributed by atoms with van der Waals surface area (Å²) in [5.41, 5.74) is 3.45. The van der Waals surface area contributed by atoms with Crippen molar-refractivity contribution in [3.63, 3.8) is 0 Å². The Morgan fingerprint density at radius 1 is 0.821 bits per heavy atom. The van der Waals surface area contributed by atoms with Crippen molar-refractivity contribution < 1.29 is 14.7 Å². The molecule has 0 saturated carbocycles. The highest BCUT2D eigenvalue weighted by Crippen LogP contribution is 2.26. The van der Waals surface area contributed by atoms with Gasteiger partial charge in [0.25, 0.3) is 0 Å². The van der Waals surface area contributed by atoms with Gasteiger partial charge in [-0.2, -0.15) is 0 Å². The van der Waals surface area contributed by atoms with Gasteiger partial charge in [-0.15, -0.1) is 0 Å². The maximum Gasteiger partial charge on any atom is 0.193 e. The number of carboxylic acid groups (broad SMARTS) is 1. The molecule has 1 atom stereocenters. The molecule has 0 heterocycles. The van der Waals surface area contributed by atoms with Crippen LogP contribution < -0.4 is 15.7 Å². The van der Waals surface area contributed by atoms with Crippen molar-refractivity contribution in [2.24, 2.45) is 0 Å². The Morgan fingerprint density at radius 2 is 1.39 bits per heavy atom. The Balaban J connectivity index is 1.76. The first kappa shape index (κ1) is 19.2. The van der Waals surface area contributed by atoms with Crippen LogP contribution in [0.1, 0.15) is 29.3 Å². The summed E-state index contributed by atoms with van der Waals surface area (Å²) < 4.78 is 0. The van der Waals surface area contributed by atoms with Gasteiger partial charge in [0.2, 0.25) is 0 Å². The summed E-state index contributed by atoms with van der Waals surface area (Å²) in [6, 6.07) is 22.9. The number of rotatable bonds is 8. The van der Waals surface area contributed by atoms with Crippen molar-refractivity contribution in [2.45, 2.75) is 19.4 Å². The highest BCUT2D eigenvalue weighted by molar-refractivity contribution is 6.09. The van der Waals surface area contributed by atoms with Gasteiger partial charge in [0, 0.05) is 16.8 Å². The molecule has 0 amide bonds. The van der Waals surface area contributed by atoms with E-state index < -0.39 is 12.0 Å². The fraction of sp³-hybridized carbons (Fsp3) is 0.130. The van der Waals surface area contributed by atoms with Crippen molar-refractivity contribution in [1.82, 2.24) is 0 Å². The summed E-state index contributed by atoms with van der Waals surface area (Å²) in [5.74, 6) is -1.17. The van der Waals surface area contributed by atoms with Crippen LogP contribution in [-0.4, -0.2) is 17.8 Å². The molecule has 0 spiro atoms. The number of carboxylic acids is 1. The van der Waals surface area contributed by atoms with E-state index in [9.17, 15) is 14.7 Å². The second-order valence-electron chi connectivity index (χ2n) is 6.37. The average molecular weight is 373 g/mol. The molecule has 28 heavy (non-hydrogen) atoms. The summed E-state index contributed by atoms with van der Waals surface area (Å²) in [7, 11) is 0. The topological polar surface area (TPSA) is 81.3 Å². The second kappa shape index (κ2) is 8.86. The predicted molar refractivity (Wildman–Crippen MR) is 109 cm³/mol. The molecule has 3 rings (SSSR count). The van der Waals surface area contributed by atoms with Crippen LogP contribution in [0.3, 0.4) is 0 Å². The monoisotopic (exact) mass is 373 g/mol. The minimum atomic E-state index is -1.14. The molecule has 3 aromatic rings. The van der Waals surface area contributed by atoms with E-state index in [-0.39, 0.29) is 5.78 Å². The second-order valence-corrected chi connectivity index (χ2v) is 6.37. The van der Waals surface area contributed by atoms with Crippen LogP contribution in [0.4, 0.5) is 17.1 Å². The number of carbonyl (C=O) groups is 2. The number of para-hydroxylation sites is 2. The van der Waals surface area contributed by atoms with Gasteiger partial charge in [-0.1, -0.05) is 49.4 Å². The molecule has 142 valence electrons. The van der Waals surface area contributed by atoms with Crippen molar-refractivity contribution in [1.29, 1.82) is 0 Å². The molecule has 1 unspecified atom stereocenters. The van der Waals surface area contributed by atoms with Gasteiger partial charge >= 0.3 is 0 Å². The van der Waals surface area contributed by atoms with Gasteiger partial charge in [0.1, 0.15) is 0 Å². The molecule has 0 saturated heterocycles. The molecule has 0 aliphatic rings. The third-order valence-electron chi connectivity index (χ3n) is 4.41. The van der Waals surface area contributed by atoms with Crippen LogP contribution >= 0.6 is 0 Å². The number of carbonyl (C=O) groups excluding carboxylic acids is 2. The summed E-state index contributed by atoms with van der Waals surface area (Å²) in [4.78, 5) is 23.7. The Morgan fingerprint density at radius 3 is 2.00 bits per heavy atom. The first-order chi connectivity index (χ1) is 13.6. The molecule has 0 aliphatic carbocycles. The molecule has 3 aromatic carbocycles. The van der Waals surface area contributed by atoms with E-state index >= 15 is 0 Å². The quantitative estimate of drug-likeness (QED) is 0.590. The van der Waals surface area contributed by atoms with Crippen molar-refractivity contribution in [2.75, 3.05) is 10.6 Å². The number of benzene rings is 3. The number of anilines is 3. The first-order valence-corrected chi connectivity index (χ1v) is 9.11. The van der Waals surface area contributed by atoms with Crippen molar-refractivity contribution in [3.05, 3.63) is 90.0 Å². The number of nitrogens with one attached hydrogen (secondary N) is 2. The molecule has 5 heteroatoms. The zero-order chi connectivity index (χ0) is 19.9. The van der Waals surface area contributed by atoms with Crippen LogP contribution in [-0.2, 0) is 4.79 Å². The zero-order valence-corrected chi connectivity index (χ0v) is 15.5. The highest BCUT2D eigenvalue weighted by Gasteiger charge is 2.11. The fourth-order valence-corrected chi connectivity index (χ4v) is 2.85. The summed E-state index contributed by atoms with van der Waals surface area (Å²) in [6.45, 7) is 1.78. The third kappa shape index (κ3) is 4.57. The van der Waals surface area contributed by atoms with E-state index in [0.29, 0.717) is 23.2 Å². The van der Waals surface area contributed by atoms with Crippen LogP contribution in [0.5, 0.6) is 0 Å². The van der Waals surface area contributed by atoms with Crippen LogP contribution in [0.2, 0.25) is 0 Å². The van der Waals surface area contributed by atoms with E-state index in [2.05, 4.69) is 10.6 Å². The normalized spacial score (nSPS) is 11.5. The Kier molecular flexibility index (Phi) is 6.07. The van der Waals surface area contributed by atoms with Gasteiger partial charge in [-0.05, 0) is 42.8 Å². The van der Waals surface area contributed by atoms with Gasteiger partial charge in [-0.3, -0.25) is 4.79 Å². The van der Waals surface area contributed by atoms with E-state index in [1.165, 1.54) is 0 Å². The molecular formula is C23H21N2O3-. The van der Waals surface area contributed by atoms with Gasteiger partial charge in [0.05, 0.1) is 23.4 Å². The van der Waals surface area contributed by atoms with Gasteiger partial charge in [0.15, 0.2) is 5.78 Å². The lowest BCUT2D eigenvalue weighted by atomic mass is 10.0. The largest absolute Gasteiger partial charge is 0.548 e. The molecule has 0 aromatic heterocycles. The summed E-state index contributed by atoms with van der Waals surface area (Å²) in [6.07, 6.45) is 0.410. The summed E-state index contributed by atoms with van der Waals surface area (Å²) in [5, 5.41) is 17.4. The average Bonchev–Trinajstić information content (AvgIpc) is 2.73. The maximum absolute atomic E-state index is 12.5. The smallest absolute Gasteiger partial charge is 0.193 e. The van der Waals surface area contributed by atoms with Gasteiger partial charge in [-0.25, -0.2) is 0 Å². The van der Waals surface area contributed by atoms with Crippen LogP contribution in [0.25, 0.3) is 0 Å². The number of hydrogen-bond donors (Lipinski definition) is 2. The highest BCUT2D eigenvalue weighted by atomic mass is 16.4. The molecule has 5 nitrogen and oxygen atoms in total. The van der Waals surface area contributed by atoms with Crippen LogP contribution in [0.15, 0.2) is 78.9 Å². The lowest BCUT2D eigenvalue weighted by molar-refractivity contribution is -0.306. The Bertz CT molecular complexity index is 953. The van der Waals surface area contributed by atoms with E-state index in [1.54, 1.807) is 37.3 Å². The third-order valence-corrected chi connectivity index (χ3v) is 4.41. The lowest BCUT2D eigenvalue weighted by Gasteiger charge is -2.21. The predicted octanol–water partition coefficient (Wildman–Crippen LogP) is 3.60. The first-order valence-electron chi connectivity index (χ1n) is 9.11. The Labute approximate surface area is 164 Å². The Hall–Kier alpha value is -3.60. The minimum Gasteiger partial charge on any atom is -0.548 e. The standard InChI is InChI=1S/C23H22N2O3/c1-2-19(23(27)28)25-21-11-7-6-10-20(21)24-18-14-12-17(13-15-18)22(26)16-8-4-3-5-9-16/h3-15,19,24-25H,2H2,1H3,(H,27,28)/p-1.